The fourth-order valence-electron chi connectivity index (χ4n) is 6.27. The Bertz CT molecular complexity index is 2270. The molecular formula is C43H32F3N3O2. The average Bonchev–Trinajstić information content (AvgIpc) is 3.13. The third-order valence-corrected chi connectivity index (χ3v) is 8.36. The summed E-state index contributed by atoms with van der Waals surface area (Å²) in [5, 5.41) is 0. The van der Waals surface area contributed by atoms with Gasteiger partial charge in [0.2, 0.25) is 11.7 Å². The molecular weight excluding hydrogens is 647 g/mol. The molecule has 2 heterocycles. The highest BCUT2D eigenvalue weighted by Gasteiger charge is 2.24. The number of benzene rings is 5. The summed E-state index contributed by atoms with van der Waals surface area (Å²) in [7, 11) is 0. The van der Waals surface area contributed by atoms with Crippen molar-refractivity contribution in [3.63, 3.8) is 0 Å². The van der Waals surface area contributed by atoms with Crippen molar-refractivity contribution in [3.05, 3.63) is 174 Å². The maximum Gasteiger partial charge on any atom is 0.219 e. The van der Waals surface area contributed by atoms with Crippen LogP contribution < -0.4 is 14.4 Å². The number of nitrogens with zero attached hydrogens (tertiary/aromatic N) is 3. The molecule has 0 aliphatic carbocycles. The summed E-state index contributed by atoms with van der Waals surface area (Å²) in [4.78, 5) is 10.6. The fraction of sp³-hybridized carbons (Fsp3) is 0.0698. The monoisotopic (exact) mass is 679 g/mol. The van der Waals surface area contributed by atoms with Gasteiger partial charge in [-0.05, 0) is 91.6 Å². The second-order valence-electron chi connectivity index (χ2n) is 12.1. The highest BCUT2D eigenvalue weighted by atomic mass is 19.2. The third kappa shape index (κ3) is 7.03. The molecule has 0 atom stereocenters. The van der Waals surface area contributed by atoms with Crippen molar-refractivity contribution in [2.75, 3.05) is 4.90 Å². The molecule has 2 aromatic heterocycles. The Balaban J connectivity index is 1.34. The van der Waals surface area contributed by atoms with Crippen LogP contribution in [-0.2, 0) is 0 Å². The molecule has 0 aliphatic heterocycles. The molecule has 0 N–H and O–H groups in total. The first-order valence-corrected chi connectivity index (χ1v) is 16.3. The van der Waals surface area contributed by atoms with Crippen molar-refractivity contribution in [1.82, 2.24) is 9.97 Å². The molecule has 0 amide bonds. The number of para-hydroxylation sites is 2. The molecule has 7 aromatic rings. The van der Waals surface area contributed by atoms with E-state index >= 15 is 13.2 Å². The smallest absolute Gasteiger partial charge is 0.219 e. The van der Waals surface area contributed by atoms with E-state index in [-0.39, 0.29) is 17.0 Å². The van der Waals surface area contributed by atoms with Crippen LogP contribution in [0.4, 0.5) is 30.2 Å². The van der Waals surface area contributed by atoms with Gasteiger partial charge in [0, 0.05) is 53.6 Å². The van der Waals surface area contributed by atoms with Crippen molar-refractivity contribution < 1.29 is 22.6 Å². The Morgan fingerprint density at radius 2 is 1.16 bits per heavy atom. The van der Waals surface area contributed by atoms with E-state index in [0.717, 1.165) is 45.3 Å². The summed E-state index contributed by atoms with van der Waals surface area (Å²) < 4.78 is 58.6. The molecule has 8 heteroatoms. The van der Waals surface area contributed by atoms with Crippen molar-refractivity contribution in [2.24, 2.45) is 0 Å². The number of aryl methyl sites for hydroxylation is 3. The number of aromatic nitrogens is 2. The maximum atomic E-state index is 15.6. The van der Waals surface area contributed by atoms with Crippen LogP contribution in [0.2, 0.25) is 0 Å². The molecule has 5 aromatic carbocycles. The molecule has 0 spiro atoms. The molecule has 252 valence electrons. The quantitative estimate of drug-likeness (QED) is 0.142. The summed E-state index contributed by atoms with van der Waals surface area (Å²) in [5.74, 6) is -4.29. The lowest BCUT2D eigenvalue weighted by atomic mass is 9.93. The molecule has 7 rings (SSSR count). The van der Waals surface area contributed by atoms with Gasteiger partial charge < -0.3 is 14.4 Å². The van der Waals surface area contributed by atoms with Gasteiger partial charge >= 0.3 is 0 Å². The van der Waals surface area contributed by atoms with Crippen molar-refractivity contribution in [1.29, 1.82) is 0 Å². The van der Waals surface area contributed by atoms with E-state index in [1.807, 2.05) is 92.4 Å². The van der Waals surface area contributed by atoms with Crippen molar-refractivity contribution >= 4 is 17.1 Å². The van der Waals surface area contributed by atoms with Crippen LogP contribution in [0.3, 0.4) is 0 Å². The van der Waals surface area contributed by atoms with E-state index in [4.69, 9.17) is 9.47 Å². The first-order chi connectivity index (χ1) is 24.7. The van der Waals surface area contributed by atoms with Gasteiger partial charge in [-0.25, -0.2) is 13.8 Å². The average molecular weight is 680 g/mol. The van der Waals surface area contributed by atoms with E-state index in [2.05, 4.69) is 22.1 Å². The van der Waals surface area contributed by atoms with Crippen LogP contribution in [-0.4, -0.2) is 9.97 Å². The van der Waals surface area contributed by atoms with Gasteiger partial charge in [0.05, 0.1) is 11.4 Å². The van der Waals surface area contributed by atoms with Crippen LogP contribution in [0.15, 0.2) is 140 Å². The van der Waals surface area contributed by atoms with Crippen LogP contribution in [0.25, 0.3) is 22.4 Å². The normalized spacial score (nSPS) is 10.9. The predicted molar refractivity (Wildman–Crippen MR) is 195 cm³/mol. The van der Waals surface area contributed by atoms with Crippen molar-refractivity contribution in [3.8, 4) is 45.5 Å². The summed E-state index contributed by atoms with van der Waals surface area (Å²) in [5.41, 5.74) is 7.04. The van der Waals surface area contributed by atoms with Gasteiger partial charge in [-0.2, -0.15) is 4.39 Å². The van der Waals surface area contributed by atoms with Crippen LogP contribution in [0.1, 0.15) is 16.7 Å². The summed E-state index contributed by atoms with van der Waals surface area (Å²) in [6.07, 6.45) is 3.12. The summed E-state index contributed by atoms with van der Waals surface area (Å²) >= 11 is 0. The minimum Gasteiger partial charge on any atom is -0.454 e. The Morgan fingerprint density at radius 3 is 1.78 bits per heavy atom. The zero-order valence-electron chi connectivity index (χ0n) is 28.1. The number of ether oxygens (including phenoxy) is 2. The first-order valence-electron chi connectivity index (χ1n) is 16.3. The molecule has 0 fully saturated rings. The van der Waals surface area contributed by atoms with Gasteiger partial charge in [0.1, 0.15) is 11.5 Å². The minimum absolute atomic E-state index is 0.110. The van der Waals surface area contributed by atoms with Gasteiger partial charge in [-0.1, -0.05) is 60.2 Å². The number of hydrogen-bond acceptors (Lipinski definition) is 5. The zero-order chi connectivity index (χ0) is 35.5. The van der Waals surface area contributed by atoms with E-state index in [1.165, 1.54) is 12.3 Å². The first kappa shape index (κ1) is 33.1. The lowest BCUT2D eigenvalue weighted by Gasteiger charge is -2.26. The molecule has 5 nitrogen and oxygen atoms in total. The summed E-state index contributed by atoms with van der Waals surface area (Å²) in [6.45, 7) is 6.01. The van der Waals surface area contributed by atoms with E-state index in [9.17, 15) is 0 Å². The van der Waals surface area contributed by atoms with E-state index in [1.54, 1.807) is 42.6 Å². The van der Waals surface area contributed by atoms with Crippen LogP contribution >= 0.6 is 0 Å². The number of rotatable bonds is 9. The number of hydrogen-bond donors (Lipinski definition) is 0. The molecule has 0 radical (unpaired) electrons. The predicted octanol–water partition coefficient (Wildman–Crippen LogP) is 12.2. The summed E-state index contributed by atoms with van der Waals surface area (Å²) in [6, 6.07) is 38.3. The number of halogens is 3. The lowest BCUT2D eigenvalue weighted by Crippen LogP contribution is -2.10. The molecule has 0 saturated carbocycles. The maximum absolute atomic E-state index is 15.6. The molecule has 0 aliphatic rings. The topological polar surface area (TPSA) is 47.5 Å². The fourth-order valence-corrected chi connectivity index (χ4v) is 6.27. The SMILES string of the molecule is Cc1cc(C)c(-c2ccnc(-c3cc(Oc4cc(Oc5ccccn5)cc(N(c5ccccc5)c5ccccc5)c4)c(F)c(F)c3F)c2)c(C)c1. The number of pyridine rings is 2. The molecule has 0 saturated heterocycles. The van der Waals surface area contributed by atoms with Crippen LogP contribution in [0.5, 0.6) is 23.1 Å². The Morgan fingerprint density at radius 1 is 0.529 bits per heavy atom. The molecule has 0 unspecified atom stereocenters. The second kappa shape index (κ2) is 14.2. The van der Waals surface area contributed by atoms with Gasteiger partial charge in [-0.15, -0.1) is 0 Å². The standard InChI is InChI=1S/C43H32F3N3O2/c1-27-20-28(2)40(29(3)21-27)30-17-19-47-37(22-30)36-26-38(42(45)43(46)41(36)44)50-34-23-33(24-35(25-34)51-39-16-10-11-18-48-39)49(31-12-6-4-7-13-31)32-14-8-5-9-15-32/h4-26H,1-3H3. The zero-order valence-corrected chi connectivity index (χ0v) is 28.1. The van der Waals surface area contributed by atoms with E-state index < -0.39 is 23.2 Å². The van der Waals surface area contributed by atoms with Crippen LogP contribution in [0, 0.1) is 38.2 Å². The highest BCUT2D eigenvalue weighted by molar-refractivity contribution is 5.79. The molecule has 0 bridgehead atoms. The number of anilines is 3. The lowest BCUT2D eigenvalue weighted by molar-refractivity contribution is 0.393. The largest absolute Gasteiger partial charge is 0.454 e. The minimum atomic E-state index is -1.67. The van der Waals surface area contributed by atoms with Gasteiger partial charge in [-0.3, -0.25) is 4.98 Å². The Hall–Kier alpha value is -6.41. The third-order valence-electron chi connectivity index (χ3n) is 8.36. The second-order valence-corrected chi connectivity index (χ2v) is 12.1. The van der Waals surface area contributed by atoms with Gasteiger partial charge in [0.25, 0.3) is 0 Å². The van der Waals surface area contributed by atoms with Gasteiger partial charge in [0.15, 0.2) is 17.4 Å². The van der Waals surface area contributed by atoms with E-state index in [0.29, 0.717) is 17.3 Å². The van der Waals surface area contributed by atoms with Crippen molar-refractivity contribution in [2.45, 2.75) is 20.8 Å². The Kier molecular flexibility index (Phi) is 9.22. The Labute approximate surface area is 294 Å². The molecule has 51 heavy (non-hydrogen) atoms. The highest BCUT2D eigenvalue weighted by Crippen LogP contribution is 2.42.